The first kappa shape index (κ1) is 19.9. The van der Waals surface area contributed by atoms with Gasteiger partial charge in [-0.1, -0.05) is 61.6 Å². The van der Waals surface area contributed by atoms with Gasteiger partial charge in [0.05, 0.1) is 5.57 Å². The molecule has 1 aliphatic heterocycles. The van der Waals surface area contributed by atoms with Crippen LogP contribution in [0, 0.1) is 0 Å². The molecular formula is C26H23FO3. The summed E-state index contributed by atoms with van der Waals surface area (Å²) in [7, 11) is 0. The van der Waals surface area contributed by atoms with Crippen molar-refractivity contribution in [2.45, 2.75) is 25.7 Å². The Labute approximate surface area is 175 Å². The smallest absolute Gasteiger partial charge is 0.200 e. The van der Waals surface area contributed by atoms with Crippen molar-refractivity contribution in [1.29, 1.82) is 0 Å². The van der Waals surface area contributed by atoms with Gasteiger partial charge in [0.2, 0.25) is 5.78 Å². The number of aliphatic hydroxyl groups excluding tert-OH is 1. The summed E-state index contributed by atoms with van der Waals surface area (Å²) in [6.45, 7) is 1.83. The number of halogens is 1. The minimum Gasteiger partial charge on any atom is -0.507 e. The minimum atomic E-state index is -0.299. The van der Waals surface area contributed by atoms with Crippen LogP contribution in [-0.4, -0.2) is 17.5 Å². The lowest BCUT2D eigenvalue weighted by molar-refractivity contribution is -0.119. The van der Waals surface area contributed by atoms with E-state index in [1.165, 1.54) is 12.2 Å². The van der Waals surface area contributed by atoms with Crippen molar-refractivity contribution in [1.82, 2.24) is 0 Å². The van der Waals surface area contributed by atoms with Crippen LogP contribution < -0.4 is 0 Å². The highest BCUT2D eigenvalue weighted by Crippen LogP contribution is 2.35. The topological polar surface area (TPSA) is 46.5 Å². The average molecular weight is 402 g/mol. The Kier molecular flexibility index (Phi) is 5.66. The van der Waals surface area contributed by atoms with E-state index in [0.29, 0.717) is 29.7 Å². The van der Waals surface area contributed by atoms with Crippen molar-refractivity contribution < 1.29 is 19.0 Å². The lowest BCUT2D eigenvalue weighted by Gasteiger charge is -2.17. The predicted molar refractivity (Wildman–Crippen MR) is 116 cm³/mol. The fourth-order valence-electron chi connectivity index (χ4n) is 3.88. The maximum absolute atomic E-state index is 13.4. The molecule has 0 bridgehead atoms. The Hall–Kier alpha value is -3.40. The van der Waals surface area contributed by atoms with Gasteiger partial charge in [-0.25, -0.2) is 4.39 Å². The number of hydrogen-bond donors (Lipinski definition) is 1. The molecule has 3 aliphatic rings. The van der Waals surface area contributed by atoms with Crippen molar-refractivity contribution >= 4 is 11.4 Å². The van der Waals surface area contributed by atoms with E-state index in [9.17, 15) is 14.3 Å². The van der Waals surface area contributed by atoms with Gasteiger partial charge in [-0.05, 0) is 41.3 Å². The third-order valence-electron chi connectivity index (χ3n) is 5.57. The van der Waals surface area contributed by atoms with Crippen molar-refractivity contribution in [2.75, 3.05) is 6.61 Å². The molecule has 1 N–H and O–H groups in total. The molecule has 2 aliphatic carbocycles. The number of hydrogen-bond acceptors (Lipinski definition) is 3. The number of Topliss-reactive ketones (excluding diaryl/α,β-unsaturated/α-hetero) is 1. The van der Waals surface area contributed by atoms with Gasteiger partial charge in [-0.3, -0.25) is 4.79 Å². The van der Waals surface area contributed by atoms with Gasteiger partial charge in [0.25, 0.3) is 0 Å². The molecule has 0 aromatic heterocycles. The zero-order valence-electron chi connectivity index (χ0n) is 16.8. The zero-order chi connectivity index (χ0) is 21.1. The molecule has 1 heterocycles. The van der Waals surface area contributed by atoms with Crippen molar-refractivity contribution in [3.63, 3.8) is 0 Å². The van der Waals surface area contributed by atoms with E-state index < -0.39 is 0 Å². The Morgan fingerprint density at radius 1 is 1.03 bits per heavy atom. The lowest BCUT2D eigenvalue weighted by atomic mass is 9.87. The normalized spacial score (nSPS) is 20.0. The molecule has 0 saturated carbocycles. The summed E-state index contributed by atoms with van der Waals surface area (Å²) in [5.41, 5.74) is 3.86. The third kappa shape index (κ3) is 3.99. The number of carbonyl (C=O) groups excluding carboxylic acids is 1. The summed E-state index contributed by atoms with van der Waals surface area (Å²) in [5.74, 6) is -0.180. The van der Waals surface area contributed by atoms with Crippen LogP contribution in [0.2, 0.25) is 0 Å². The molecule has 3 nitrogen and oxygen atoms in total. The maximum atomic E-state index is 13.4. The summed E-state index contributed by atoms with van der Waals surface area (Å²) in [5, 5.41) is 11.0. The van der Waals surface area contributed by atoms with E-state index in [1.54, 1.807) is 18.2 Å². The molecule has 0 fully saturated rings. The molecule has 0 radical (unpaired) electrons. The fraction of sp³-hybridized carbons (Fsp3) is 0.192. The number of rotatable bonds is 3. The molecule has 1 unspecified atom stereocenters. The fourth-order valence-corrected chi connectivity index (χ4v) is 3.88. The van der Waals surface area contributed by atoms with Crippen LogP contribution in [0.25, 0.3) is 5.57 Å². The number of aliphatic hydroxyl groups is 1. The predicted octanol–water partition coefficient (Wildman–Crippen LogP) is 6.17. The molecule has 1 atom stereocenters. The summed E-state index contributed by atoms with van der Waals surface area (Å²) < 4.78 is 19.1. The number of allylic oxidation sites excluding steroid dienone is 10. The van der Waals surface area contributed by atoms with Crippen molar-refractivity contribution in [2.24, 2.45) is 0 Å². The second-order valence-corrected chi connectivity index (χ2v) is 7.50. The Morgan fingerprint density at radius 3 is 2.63 bits per heavy atom. The first-order valence-electron chi connectivity index (χ1n) is 10.0. The highest BCUT2D eigenvalue weighted by Gasteiger charge is 2.29. The maximum Gasteiger partial charge on any atom is 0.200 e. The van der Waals surface area contributed by atoms with E-state index in [-0.39, 0.29) is 29.9 Å². The average Bonchev–Trinajstić information content (AvgIpc) is 3.16. The van der Waals surface area contributed by atoms with Gasteiger partial charge in [0, 0.05) is 17.9 Å². The molecule has 0 saturated heterocycles. The quantitative estimate of drug-likeness (QED) is 0.658. The first-order chi connectivity index (χ1) is 14.5. The van der Waals surface area contributed by atoms with Crippen LogP contribution in [0.15, 0.2) is 101 Å². The number of ketones is 1. The Balaban J connectivity index is 1.66. The van der Waals surface area contributed by atoms with Gasteiger partial charge in [-0.2, -0.15) is 0 Å². The lowest BCUT2D eigenvalue weighted by Crippen LogP contribution is -2.16. The van der Waals surface area contributed by atoms with E-state index >= 15 is 0 Å². The molecule has 4 heteroatoms. The Morgan fingerprint density at radius 2 is 1.83 bits per heavy atom. The highest BCUT2D eigenvalue weighted by molar-refractivity contribution is 5.99. The molecule has 1 aromatic carbocycles. The van der Waals surface area contributed by atoms with Crippen LogP contribution >= 0.6 is 0 Å². The summed E-state index contributed by atoms with van der Waals surface area (Å²) in [6.07, 6.45) is 15.1. The van der Waals surface area contributed by atoms with Gasteiger partial charge < -0.3 is 9.84 Å². The standard InChI is InChI=1S/C26H23FO3/c1-17(18-10-12-20(13-11-18)19-6-5-7-21(27)15-14-19)25-23(28)16-30-24-9-4-2-3-8-22(24)26(25)29/h2-5,7-8,10-15,17,29H,6,9,16H2,1H3. The van der Waals surface area contributed by atoms with E-state index in [0.717, 1.165) is 16.7 Å². The number of ether oxygens (including phenoxy) is 1. The second-order valence-electron chi connectivity index (χ2n) is 7.50. The molecule has 1 aromatic rings. The van der Waals surface area contributed by atoms with Crippen LogP contribution in [-0.2, 0) is 9.53 Å². The van der Waals surface area contributed by atoms with Crippen LogP contribution in [0.3, 0.4) is 0 Å². The van der Waals surface area contributed by atoms with E-state index in [2.05, 4.69) is 0 Å². The third-order valence-corrected chi connectivity index (χ3v) is 5.57. The van der Waals surface area contributed by atoms with Gasteiger partial charge in [0.1, 0.15) is 17.3 Å². The molecular weight excluding hydrogens is 379 g/mol. The molecule has 152 valence electrons. The monoisotopic (exact) mass is 402 g/mol. The van der Waals surface area contributed by atoms with E-state index in [1.807, 2.05) is 49.4 Å². The molecule has 4 rings (SSSR count). The van der Waals surface area contributed by atoms with Gasteiger partial charge >= 0.3 is 0 Å². The highest BCUT2D eigenvalue weighted by atomic mass is 19.1. The summed E-state index contributed by atoms with van der Waals surface area (Å²) in [6, 6.07) is 7.85. The molecule has 0 spiro atoms. The summed E-state index contributed by atoms with van der Waals surface area (Å²) >= 11 is 0. The molecule has 30 heavy (non-hydrogen) atoms. The van der Waals surface area contributed by atoms with Gasteiger partial charge in [0.15, 0.2) is 6.61 Å². The zero-order valence-corrected chi connectivity index (χ0v) is 16.8. The van der Waals surface area contributed by atoms with Crippen LogP contribution in [0.4, 0.5) is 4.39 Å². The Bertz CT molecular complexity index is 1080. The van der Waals surface area contributed by atoms with Crippen LogP contribution in [0.1, 0.15) is 36.8 Å². The number of carbonyl (C=O) groups is 1. The van der Waals surface area contributed by atoms with Crippen molar-refractivity contribution in [3.8, 4) is 0 Å². The summed E-state index contributed by atoms with van der Waals surface area (Å²) in [4.78, 5) is 12.8. The largest absolute Gasteiger partial charge is 0.507 e. The minimum absolute atomic E-state index is 0.0127. The second kappa shape index (κ2) is 8.54. The van der Waals surface area contributed by atoms with Crippen molar-refractivity contribution in [3.05, 3.63) is 112 Å². The number of benzene rings is 1. The van der Waals surface area contributed by atoms with Crippen LogP contribution in [0.5, 0.6) is 0 Å². The first-order valence-corrected chi connectivity index (χ1v) is 10.0. The van der Waals surface area contributed by atoms with Gasteiger partial charge in [-0.15, -0.1) is 0 Å². The van der Waals surface area contributed by atoms with E-state index in [4.69, 9.17) is 4.74 Å². The molecule has 0 amide bonds. The SMILES string of the molecule is CC(C1=C(O)C2=C(CC=CC=C2)OCC1=O)c1ccc(C2=CC=C(F)C=CC2)cc1.